The van der Waals surface area contributed by atoms with E-state index in [9.17, 15) is 18.3 Å². The summed E-state index contributed by atoms with van der Waals surface area (Å²) >= 11 is 0. The van der Waals surface area contributed by atoms with Crippen LogP contribution in [0.15, 0.2) is 24.3 Å². The normalized spacial score (nSPS) is 26.6. The van der Waals surface area contributed by atoms with E-state index in [4.69, 9.17) is 0 Å². The van der Waals surface area contributed by atoms with Crippen LogP contribution in [0.25, 0.3) is 0 Å². The van der Waals surface area contributed by atoms with Crippen molar-refractivity contribution in [3.8, 4) is 0 Å². The van der Waals surface area contributed by atoms with E-state index < -0.39 is 17.8 Å². The van der Waals surface area contributed by atoms with Gasteiger partial charge in [-0.05, 0) is 36.8 Å². The van der Waals surface area contributed by atoms with Gasteiger partial charge >= 0.3 is 6.18 Å². The van der Waals surface area contributed by atoms with Gasteiger partial charge < -0.3 is 5.11 Å². The first kappa shape index (κ1) is 11.5. The van der Waals surface area contributed by atoms with Crippen LogP contribution in [0.2, 0.25) is 0 Å². The van der Waals surface area contributed by atoms with Crippen molar-refractivity contribution in [2.75, 3.05) is 0 Å². The van der Waals surface area contributed by atoms with Gasteiger partial charge in [0.2, 0.25) is 0 Å². The fraction of sp³-hybridized carbons (Fsp3) is 0.500. The predicted octanol–water partition coefficient (Wildman–Crippen LogP) is 3.19. The Labute approximate surface area is 91.9 Å². The average Bonchev–Trinajstić information content (AvgIpc) is 2.95. The second-order valence-electron chi connectivity index (χ2n) is 4.33. The van der Waals surface area contributed by atoms with Crippen LogP contribution in [0, 0.1) is 5.92 Å². The average molecular weight is 230 g/mol. The first-order valence-electron chi connectivity index (χ1n) is 5.25. The van der Waals surface area contributed by atoms with Crippen LogP contribution < -0.4 is 0 Å². The van der Waals surface area contributed by atoms with Gasteiger partial charge in [0.25, 0.3) is 0 Å². The number of aliphatic hydroxyl groups is 1. The molecule has 0 radical (unpaired) electrons. The molecule has 0 unspecified atom stereocenters. The third kappa shape index (κ3) is 2.07. The fourth-order valence-corrected chi connectivity index (χ4v) is 2.18. The second-order valence-corrected chi connectivity index (χ2v) is 4.33. The van der Waals surface area contributed by atoms with E-state index in [0.29, 0.717) is 12.0 Å². The standard InChI is InChI=1S/C12H13F3O/c1-7(16)9-6-10(9)8-4-2-3-5-11(8)12(13,14)15/h2-5,7,9-10,16H,6H2,1H3/t7-,9+,10+/m0/s1. The van der Waals surface area contributed by atoms with Crippen LogP contribution >= 0.6 is 0 Å². The molecule has 0 aromatic heterocycles. The summed E-state index contributed by atoms with van der Waals surface area (Å²) in [6, 6.07) is 5.62. The molecule has 16 heavy (non-hydrogen) atoms. The van der Waals surface area contributed by atoms with E-state index in [-0.39, 0.29) is 11.8 Å². The van der Waals surface area contributed by atoms with E-state index >= 15 is 0 Å². The SMILES string of the molecule is C[C@H](O)[C@H]1C[C@@H]1c1ccccc1C(F)(F)F. The zero-order valence-electron chi connectivity index (χ0n) is 8.83. The molecule has 88 valence electrons. The molecule has 0 saturated heterocycles. The smallest absolute Gasteiger partial charge is 0.393 e. The van der Waals surface area contributed by atoms with Crippen LogP contribution in [-0.2, 0) is 6.18 Å². The summed E-state index contributed by atoms with van der Waals surface area (Å²) in [5, 5.41) is 9.34. The molecule has 2 rings (SSSR count). The molecule has 3 atom stereocenters. The molecule has 1 fully saturated rings. The molecule has 0 amide bonds. The van der Waals surface area contributed by atoms with E-state index in [1.807, 2.05) is 0 Å². The maximum absolute atomic E-state index is 12.7. The Kier molecular flexibility index (Phi) is 2.70. The highest BCUT2D eigenvalue weighted by Crippen LogP contribution is 2.52. The molecule has 1 aliphatic rings. The van der Waals surface area contributed by atoms with Gasteiger partial charge in [0.05, 0.1) is 11.7 Å². The number of aliphatic hydroxyl groups excluding tert-OH is 1. The molecular weight excluding hydrogens is 217 g/mol. The lowest BCUT2D eigenvalue weighted by Gasteiger charge is -2.12. The number of hydrogen-bond donors (Lipinski definition) is 1. The van der Waals surface area contributed by atoms with Crippen LogP contribution in [0.3, 0.4) is 0 Å². The Morgan fingerprint density at radius 1 is 1.31 bits per heavy atom. The van der Waals surface area contributed by atoms with E-state index in [0.717, 1.165) is 6.07 Å². The van der Waals surface area contributed by atoms with Gasteiger partial charge in [-0.2, -0.15) is 13.2 Å². The Balaban J connectivity index is 2.29. The van der Waals surface area contributed by atoms with Gasteiger partial charge in [0, 0.05) is 0 Å². The molecule has 1 aromatic carbocycles. The van der Waals surface area contributed by atoms with Crippen molar-refractivity contribution in [1.29, 1.82) is 0 Å². The van der Waals surface area contributed by atoms with Crippen LogP contribution in [0.5, 0.6) is 0 Å². The molecule has 0 spiro atoms. The van der Waals surface area contributed by atoms with Gasteiger partial charge in [-0.3, -0.25) is 0 Å². The Hall–Kier alpha value is -1.03. The minimum atomic E-state index is -4.30. The zero-order valence-corrected chi connectivity index (χ0v) is 8.83. The number of halogens is 3. The molecule has 0 heterocycles. The maximum Gasteiger partial charge on any atom is 0.416 e. The third-order valence-electron chi connectivity index (χ3n) is 3.13. The lowest BCUT2D eigenvalue weighted by Crippen LogP contribution is -2.10. The molecule has 0 aliphatic heterocycles. The predicted molar refractivity (Wildman–Crippen MR) is 54.0 cm³/mol. The molecule has 1 nitrogen and oxygen atoms in total. The van der Waals surface area contributed by atoms with E-state index in [1.165, 1.54) is 12.1 Å². The Morgan fingerprint density at radius 2 is 1.94 bits per heavy atom. The van der Waals surface area contributed by atoms with Crippen LogP contribution in [-0.4, -0.2) is 11.2 Å². The summed E-state index contributed by atoms with van der Waals surface area (Å²) in [6.07, 6.45) is -4.20. The van der Waals surface area contributed by atoms with Crippen molar-refractivity contribution in [3.63, 3.8) is 0 Å². The quantitative estimate of drug-likeness (QED) is 0.827. The highest BCUT2D eigenvalue weighted by Gasteiger charge is 2.45. The highest BCUT2D eigenvalue weighted by atomic mass is 19.4. The van der Waals surface area contributed by atoms with Crippen molar-refractivity contribution in [2.24, 2.45) is 5.92 Å². The fourth-order valence-electron chi connectivity index (χ4n) is 2.18. The van der Waals surface area contributed by atoms with Crippen LogP contribution in [0.4, 0.5) is 13.2 Å². The summed E-state index contributed by atoms with van der Waals surface area (Å²) in [6.45, 7) is 1.63. The Bertz CT molecular complexity index is 384. The molecule has 1 saturated carbocycles. The molecular formula is C12H13F3O. The monoisotopic (exact) mass is 230 g/mol. The Morgan fingerprint density at radius 3 is 2.44 bits per heavy atom. The summed E-state index contributed by atoms with van der Waals surface area (Å²) in [4.78, 5) is 0. The number of benzene rings is 1. The lowest BCUT2D eigenvalue weighted by molar-refractivity contribution is -0.138. The largest absolute Gasteiger partial charge is 0.416 e. The van der Waals surface area contributed by atoms with Gasteiger partial charge in [-0.25, -0.2) is 0 Å². The zero-order chi connectivity index (χ0) is 11.9. The van der Waals surface area contributed by atoms with Crippen molar-refractivity contribution in [3.05, 3.63) is 35.4 Å². The minimum Gasteiger partial charge on any atom is -0.393 e. The van der Waals surface area contributed by atoms with Gasteiger partial charge in [-0.15, -0.1) is 0 Å². The van der Waals surface area contributed by atoms with E-state index in [2.05, 4.69) is 0 Å². The number of rotatable bonds is 2. The minimum absolute atomic E-state index is 0.0245. The molecule has 1 aliphatic carbocycles. The molecule has 4 heteroatoms. The van der Waals surface area contributed by atoms with E-state index in [1.54, 1.807) is 13.0 Å². The highest BCUT2D eigenvalue weighted by molar-refractivity contribution is 5.36. The first-order chi connectivity index (χ1) is 7.41. The molecule has 0 bridgehead atoms. The summed E-state index contributed by atoms with van der Waals surface area (Å²) in [7, 11) is 0. The summed E-state index contributed by atoms with van der Waals surface area (Å²) < 4.78 is 38.1. The molecule has 1 N–H and O–H groups in total. The van der Waals surface area contributed by atoms with Crippen molar-refractivity contribution < 1.29 is 18.3 Å². The van der Waals surface area contributed by atoms with Gasteiger partial charge in [0.1, 0.15) is 0 Å². The summed E-state index contributed by atoms with van der Waals surface area (Å²) in [5.41, 5.74) is -0.246. The van der Waals surface area contributed by atoms with Crippen LogP contribution in [0.1, 0.15) is 30.4 Å². The first-order valence-corrected chi connectivity index (χ1v) is 5.25. The number of alkyl halides is 3. The third-order valence-corrected chi connectivity index (χ3v) is 3.13. The van der Waals surface area contributed by atoms with Crippen molar-refractivity contribution in [1.82, 2.24) is 0 Å². The summed E-state index contributed by atoms with van der Waals surface area (Å²) in [5.74, 6) is -0.165. The van der Waals surface area contributed by atoms with Gasteiger partial charge in [-0.1, -0.05) is 18.2 Å². The number of hydrogen-bond acceptors (Lipinski definition) is 1. The van der Waals surface area contributed by atoms with Crippen molar-refractivity contribution >= 4 is 0 Å². The lowest BCUT2D eigenvalue weighted by atomic mass is 10.0. The van der Waals surface area contributed by atoms with Crippen molar-refractivity contribution in [2.45, 2.75) is 31.5 Å². The second kappa shape index (κ2) is 3.77. The molecule has 1 aromatic rings. The maximum atomic E-state index is 12.7. The topological polar surface area (TPSA) is 20.2 Å². The van der Waals surface area contributed by atoms with Gasteiger partial charge in [0.15, 0.2) is 0 Å².